The number of hydrogen-bond acceptors (Lipinski definition) is 6. The minimum atomic E-state index is -1.14. The zero-order valence-electron chi connectivity index (χ0n) is 14.3. The summed E-state index contributed by atoms with van der Waals surface area (Å²) in [4.78, 5) is 19.3. The highest BCUT2D eigenvalue weighted by Crippen LogP contribution is 2.29. The summed E-state index contributed by atoms with van der Waals surface area (Å²) in [7, 11) is 0. The van der Waals surface area contributed by atoms with Gasteiger partial charge in [0.15, 0.2) is 0 Å². The van der Waals surface area contributed by atoms with Crippen LogP contribution in [0.1, 0.15) is 28.9 Å². The van der Waals surface area contributed by atoms with Crippen molar-refractivity contribution in [1.29, 1.82) is 0 Å². The van der Waals surface area contributed by atoms with Crippen LogP contribution < -0.4 is 0 Å². The molecule has 2 N–H and O–H groups in total. The molecule has 4 rings (SSSR count). The third-order valence-corrected chi connectivity index (χ3v) is 4.53. The van der Waals surface area contributed by atoms with E-state index in [4.69, 9.17) is 16.7 Å². The number of hydrogen-bond donors (Lipinski definition) is 2. The molecular weight excluding hydrogens is 391 g/mol. The van der Waals surface area contributed by atoms with Crippen LogP contribution in [0.5, 0.6) is 5.88 Å². The van der Waals surface area contributed by atoms with Crippen molar-refractivity contribution < 1.29 is 19.4 Å². The van der Waals surface area contributed by atoms with Crippen molar-refractivity contribution in [2.45, 2.75) is 13.0 Å². The number of benzene rings is 1. The molecule has 0 saturated heterocycles. The molecule has 1 aromatic carbocycles. The van der Waals surface area contributed by atoms with E-state index in [-0.39, 0.29) is 34.0 Å². The lowest BCUT2D eigenvalue weighted by atomic mass is 10.1. The lowest BCUT2D eigenvalue weighted by molar-refractivity contribution is 0.0697. The maximum absolute atomic E-state index is 13.4. The van der Waals surface area contributed by atoms with Gasteiger partial charge in [0, 0.05) is 6.20 Å². The molecule has 0 aliphatic heterocycles. The summed E-state index contributed by atoms with van der Waals surface area (Å²) in [5, 5.41) is 27.5. The molecule has 0 aliphatic carbocycles. The summed E-state index contributed by atoms with van der Waals surface area (Å²) in [6, 6.07) is 3.92. The minimum Gasteiger partial charge on any atom is -0.492 e. The van der Waals surface area contributed by atoms with Crippen molar-refractivity contribution in [3.05, 3.63) is 58.8 Å². The monoisotopic (exact) mass is 402 g/mol. The summed E-state index contributed by atoms with van der Waals surface area (Å²) in [5.74, 6) is -2.03. The van der Waals surface area contributed by atoms with E-state index < -0.39 is 11.8 Å². The second-order valence-corrected chi connectivity index (χ2v) is 6.41. The number of carboxylic acid groups (broad SMARTS) is 1. The van der Waals surface area contributed by atoms with Crippen LogP contribution in [0, 0.1) is 5.82 Å². The average molecular weight is 403 g/mol. The predicted octanol–water partition coefficient (Wildman–Crippen LogP) is 2.82. The molecule has 3 aromatic heterocycles. The first-order valence-corrected chi connectivity index (χ1v) is 8.40. The number of aromatic carboxylic acids is 1. The van der Waals surface area contributed by atoms with Crippen LogP contribution in [0.3, 0.4) is 0 Å². The van der Waals surface area contributed by atoms with Crippen molar-refractivity contribution in [1.82, 2.24) is 29.5 Å². The zero-order valence-corrected chi connectivity index (χ0v) is 15.0. The highest BCUT2D eigenvalue weighted by molar-refractivity contribution is 6.30. The molecule has 11 heteroatoms. The van der Waals surface area contributed by atoms with Crippen molar-refractivity contribution in [2.75, 3.05) is 0 Å². The fraction of sp³-hybridized carbons (Fsp3) is 0.118. The Hall–Kier alpha value is -3.53. The minimum absolute atomic E-state index is 0.00507. The van der Waals surface area contributed by atoms with Gasteiger partial charge in [-0.2, -0.15) is 15.2 Å². The molecule has 0 bridgehead atoms. The van der Waals surface area contributed by atoms with Crippen LogP contribution in [0.15, 0.2) is 36.8 Å². The Morgan fingerprint density at radius 1 is 1.25 bits per heavy atom. The van der Waals surface area contributed by atoms with Crippen LogP contribution in [0.25, 0.3) is 17.0 Å². The number of carboxylic acids is 1. The van der Waals surface area contributed by atoms with Crippen LogP contribution in [0.4, 0.5) is 4.39 Å². The lowest BCUT2D eigenvalue weighted by Crippen LogP contribution is -2.09. The van der Waals surface area contributed by atoms with E-state index in [2.05, 4.69) is 20.2 Å². The average Bonchev–Trinajstić information content (AvgIpc) is 3.30. The highest BCUT2D eigenvalue weighted by atomic mass is 35.5. The first-order valence-electron chi connectivity index (χ1n) is 8.02. The van der Waals surface area contributed by atoms with Gasteiger partial charge in [0.05, 0.1) is 29.0 Å². The number of aromatic hydroxyl groups is 1. The second-order valence-electron chi connectivity index (χ2n) is 6.00. The Labute approximate surface area is 161 Å². The summed E-state index contributed by atoms with van der Waals surface area (Å²) >= 11 is 5.85. The van der Waals surface area contributed by atoms with Crippen molar-refractivity contribution in [3.63, 3.8) is 0 Å². The van der Waals surface area contributed by atoms with Gasteiger partial charge in [0.2, 0.25) is 5.88 Å². The Morgan fingerprint density at radius 3 is 2.71 bits per heavy atom. The molecule has 0 saturated carbocycles. The standard InChI is InChI=1S/C17H12ClFN6O3/c1-8(9-2-3-12(19)11(18)4-9)25-14-13(6-21-25)22-17(23-15(14)26)24-7-10(5-20-24)16(27)28/h2-8H,1H3,(H,27,28)(H,22,23,26)/t8-/m0/s1. The second kappa shape index (κ2) is 6.57. The molecule has 28 heavy (non-hydrogen) atoms. The molecule has 3 heterocycles. The Morgan fingerprint density at radius 2 is 2.04 bits per heavy atom. The first kappa shape index (κ1) is 17.9. The molecule has 0 amide bonds. The molecule has 0 aliphatic rings. The van der Waals surface area contributed by atoms with Gasteiger partial charge in [-0.15, -0.1) is 0 Å². The van der Waals surface area contributed by atoms with Crippen LogP contribution in [-0.2, 0) is 0 Å². The topological polar surface area (TPSA) is 119 Å². The van der Waals surface area contributed by atoms with E-state index in [1.54, 1.807) is 13.0 Å². The van der Waals surface area contributed by atoms with Gasteiger partial charge in [-0.05, 0) is 24.6 Å². The molecule has 0 radical (unpaired) electrons. The predicted molar refractivity (Wildman–Crippen MR) is 96.3 cm³/mol. The third kappa shape index (κ3) is 2.93. The molecule has 0 fully saturated rings. The Bertz CT molecular complexity index is 1220. The van der Waals surface area contributed by atoms with Gasteiger partial charge in [0.25, 0.3) is 5.95 Å². The van der Waals surface area contributed by atoms with E-state index >= 15 is 0 Å². The fourth-order valence-corrected chi connectivity index (χ4v) is 2.97. The molecule has 9 nitrogen and oxygen atoms in total. The van der Waals surface area contributed by atoms with Crippen molar-refractivity contribution in [3.8, 4) is 11.8 Å². The van der Waals surface area contributed by atoms with Gasteiger partial charge in [-0.1, -0.05) is 17.7 Å². The van der Waals surface area contributed by atoms with Crippen LogP contribution >= 0.6 is 11.6 Å². The lowest BCUT2D eigenvalue weighted by Gasteiger charge is -2.15. The molecule has 0 unspecified atom stereocenters. The number of carbonyl (C=O) groups is 1. The first-order chi connectivity index (χ1) is 13.3. The summed E-state index contributed by atoms with van der Waals surface area (Å²) in [5.41, 5.74) is 1.23. The molecule has 1 atom stereocenters. The maximum atomic E-state index is 13.4. The molecular formula is C17H12ClFN6O3. The van der Waals surface area contributed by atoms with Gasteiger partial charge >= 0.3 is 5.97 Å². The molecule has 4 aromatic rings. The molecule has 142 valence electrons. The number of nitrogens with zero attached hydrogens (tertiary/aromatic N) is 6. The number of aromatic nitrogens is 6. The van der Waals surface area contributed by atoms with E-state index in [0.717, 1.165) is 10.9 Å². The quantitative estimate of drug-likeness (QED) is 0.538. The van der Waals surface area contributed by atoms with Crippen LogP contribution in [0.2, 0.25) is 5.02 Å². The fourth-order valence-electron chi connectivity index (χ4n) is 2.78. The van der Waals surface area contributed by atoms with Gasteiger partial charge in [0.1, 0.15) is 16.9 Å². The SMILES string of the molecule is C[C@@H](c1ccc(F)c(Cl)c1)n1ncc2nc(-n3cc(C(=O)O)cn3)nc(O)c21. The number of rotatable bonds is 4. The maximum Gasteiger partial charge on any atom is 0.338 e. The van der Waals surface area contributed by atoms with E-state index in [1.165, 1.54) is 29.2 Å². The number of halogens is 2. The summed E-state index contributed by atoms with van der Waals surface area (Å²) < 4.78 is 16.1. The normalized spacial score (nSPS) is 12.4. The Balaban J connectivity index is 1.77. The summed E-state index contributed by atoms with van der Waals surface area (Å²) in [6.45, 7) is 1.80. The van der Waals surface area contributed by atoms with E-state index in [1.807, 2.05) is 0 Å². The number of fused-ring (bicyclic) bond motifs is 1. The van der Waals surface area contributed by atoms with Gasteiger partial charge in [-0.25, -0.2) is 18.9 Å². The van der Waals surface area contributed by atoms with Crippen molar-refractivity contribution in [2.24, 2.45) is 0 Å². The zero-order chi connectivity index (χ0) is 20.0. The van der Waals surface area contributed by atoms with Gasteiger partial charge < -0.3 is 10.2 Å². The van der Waals surface area contributed by atoms with E-state index in [0.29, 0.717) is 11.1 Å². The smallest absolute Gasteiger partial charge is 0.338 e. The van der Waals surface area contributed by atoms with Crippen molar-refractivity contribution >= 4 is 28.6 Å². The summed E-state index contributed by atoms with van der Waals surface area (Å²) in [6.07, 6.45) is 3.82. The third-order valence-electron chi connectivity index (χ3n) is 4.24. The largest absolute Gasteiger partial charge is 0.492 e. The molecule has 0 spiro atoms. The Kier molecular flexibility index (Phi) is 4.19. The van der Waals surface area contributed by atoms with Crippen LogP contribution in [-0.4, -0.2) is 45.7 Å². The highest BCUT2D eigenvalue weighted by Gasteiger charge is 2.20. The van der Waals surface area contributed by atoms with Gasteiger partial charge in [-0.3, -0.25) is 4.68 Å². The van der Waals surface area contributed by atoms with E-state index in [9.17, 15) is 14.3 Å².